The Balaban J connectivity index is 1.71. The number of para-hydroxylation sites is 1. The molecule has 24 heavy (non-hydrogen) atoms. The summed E-state index contributed by atoms with van der Waals surface area (Å²) in [4.78, 5) is 11.3. The maximum atomic E-state index is 9.94. The van der Waals surface area contributed by atoms with Crippen LogP contribution in [0.4, 0.5) is 5.82 Å². The quantitative estimate of drug-likeness (QED) is 0.557. The van der Waals surface area contributed by atoms with E-state index in [1.165, 1.54) is 23.3 Å². The van der Waals surface area contributed by atoms with Crippen LogP contribution in [0.1, 0.15) is 35.8 Å². The Kier molecular flexibility index (Phi) is 3.90. The molecule has 0 atom stereocenters. The summed E-state index contributed by atoms with van der Waals surface area (Å²) in [6, 6.07) is 7.18. The molecule has 0 aliphatic heterocycles. The Bertz CT molecular complexity index is 932. The zero-order valence-corrected chi connectivity index (χ0v) is 14.2. The first-order valence-electron chi connectivity index (χ1n) is 8.08. The number of hydrazone groups is 1. The van der Waals surface area contributed by atoms with Crippen molar-refractivity contribution in [3.8, 4) is 5.75 Å². The lowest BCUT2D eigenvalue weighted by atomic mass is 9.97. The fourth-order valence-corrected chi connectivity index (χ4v) is 4.38. The molecule has 3 aromatic rings. The van der Waals surface area contributed by atoms with Crippen LogP contribution in [0.25, 0.3) is 10.2 Å². The van der Waals surface area contributed by atoms with Crippen LogP contribution in [0.5, 0.6) is 5.75 Å². The minimum atomic E-state index is 0.223. The van der Waals surface area contributed by atoms with Crippen molar-refractivity contribution >= 4 is 33.1 Å². The first-order chi connectivity index (χ1) is 11.7. The Labute approximate surface area is 144 Å². The van der Waals surface area contributed by atoms with E-state index in [1.54, 1.807) is 29.8 Å². The van der Waals surface area contributed by atoms with Crippen LogP contribution in [0, 0.1) is 0 Å². The first kappa shape index (κ1) is 15.1. The van der Waals surface area contributed by atoms with Crippen molar-refractivity contribution < 1.29 is 5.11 Å². The summed E-state index contributed by atoms with van der Waals surface area (Å²) < 4.78 is 0. The lowest BCUT2D eigenvalue weighted by molar-refractivity contribution is 0.474. The van der Waals surface area contributed by atoms with Gasteiger partial charge < -0.3 is 5.11 Å². The number of nitrogens with zero attached hydrogens (tertiary/aromatic N) is 3. The van der Waals surface area contributed by atoms with Crippen LogP contribution >= 0.6 is 11.3 Å². The molecule has 0 unspecified atom stereocenters. The normalized spacial score (nSPS) is 14.6. The third-order valence-corrected chi connectivity index (χ3v) is 5.57. The molecule has 0 saturated carbocycles. The van der Waals surface area contributed by atoms with Gasteiger partial charge in [-0.25, -0.2) is 9.97 Å². The zero-order valence-electron chi connectivity index (χ0n) is 13.4. The van der Waals surface area contributed by atoms with Crippen molar-refractivity contribution in [3.63, 3.8) is 0 Å². The molecule has 0 bridgehead atoms. The number of aromatic hydroxyl groups is 1. The maximum absolute atomic E-state index is 9.94. The summed E-state index contributed by atoms with van der Waals surface area (Å²) in [5.41, 5.74) is 5.88. The second-order valence-electron chi connectivity index (χ2n) is 5.94. The highest BCUT2D eigenvalue weighted by Gasteiger charge is 2.19. The number of phenolic OH excluding ortho intramolecular Hbond substituents is 1. The van der Waals surface area contributed by atoms with E-state index in [-0.39, 0.29) is 5.75 Å². The van der Waals surface area contributed by atoms with Crippen LogP contribution in [0.15, 0.2) is 35.7 Å². The van der Waals surface area contributed by atoms with Gasteiger partial charge in [0, 0.05) is 10.4 Å². The Morgan fingerprint density at radius 2 is 2.04 bits per heavy atom. The number of nitrogens with one attached hydrogen (secondary N) is 1. The molecular weight excluding hydrogens is 320 g/mol. The highest BCUT2D eigenvalue weighted by Crippen LogP contribution is 2.38. The molecule has 1 aliphatic carbocycles. The average molecular weight is 338 g/mol. The van der Waals surface area contributed by atoms with Gasteiger partial charge in [-0.1, -0.05) is 12.1 Å². The van der Waals surface area contributed by atoms with E-state index < -0.39 is 0 Å². The van der Waals surface area contributed by atoms with E-state index in [4.69, 9.17) is 0 Å². The molecule has 1 aliphatic rings. The molecule has 2 heterocycles. The van der Waals surface area contributed by atoms with Crippen molar-refractivity contribution in [3.05, 3.63) is 46.6 Å². The van der Waals surface area contributed by atoms with Crippen molar-refractivity contribution in [2.75, 3.05) is 5.43 Å². The van der Waals surface area contributed by atoms with Gasteiger partial charge in [0.25, 0.3) is 0 Å². The van der Waals surface area contributed by atoms with E-state index in [2.05, 4.69) is 20.5 Å². The van der Waals surface area contributed by atoms with Crippen molar-refractivity contribution in [2.45, 2.75) is 32.6 Å². The van der Waals surface area contributed by atoms with Crippen molar-refractivity contribution in [1.82, 2.24) is 9.97 Å². The number of fused-ring (bicyclic) bond motifs is 3. The summed E-state index contributed by atoms with van der Waals surface area (Å²) in [7, 11) is 0. The molecule has 0 spiro atoms. The van der Waals surface area contributed by atoms with Gasteiger partial charge >= 0.3 is 0 Å². The molecule has 6 heteroatoms. The van der Waals surface area contributed by atoms with E-state index in [0.717, 1.165) is 28.9 Å². The molecule has 5 nitrogen and oxygen atoms in total. The summed E-state index contributed by atoms with van der Waals surface area (Å²) in [5, 5.41) is 15.5. The predicted molar refractivity (Wildman–Crippen MR) is 98.0 cm³/mol. The van der Waals surface area contributed by atoms with Gasteiger partial charge in [0.15, 0.2) is 5.82 Å². The van der Waals surface area contributed by atoms with E-state index in [0.29, 0.717) is 11.3 Å². The number of hydrogen-bond donors (Lipinski definition) is 2. The number of phenols is 1. The largest absolute Gasteiger partial charge is 0.507 e. The smallest absolute Gasteiger partial charge is 0.158 e. The summed E-state index contributed by atoms with van der Waals surface area (Å²) in [6.07, 6.45) is 6.26. The zero-order chi connectivity index (χ0) is 16.5. The second-order valence-corrected chi connectivity index (χ2v) is 7.02. The summed E-state index contributed by atoms with van der Waals surface area (Å²) in [6.45, 7) is 1.86. The van der Waals surface area contributed by atoms with Crippen LogP contribution in [0.3, 0.4) is 0 Å². The standard InChI is InChI=1S/C18H18N4OS/c1-11(12-6-2-4-8-14(12)23)21-22-17-16-13-7-3-5-9-15(13)24-18(16)20-10-19-17/h2,4,6,8,10,23H,3,5,7,9H2,1H3,(H,19,20,22)/b21-11+. The monoisotopic (exact) mass is 338 g/mol. The van der Waals surface area contributed by atoms with E-state index in [1.807, 2.05) is 19.1 Å². The van der Waals surface area contributed by atoms with Crippen LogP contribution in [-0.2, 0) is 12.8 Å². The second kappa shape index (κ2) is 6.20. The lowest BCUT2D eigenvalue weighted by Gasteiger charge is -2.11. The average Bonchev–Trinajstić information content (AvgIpc) is 2.99. The van der Waals surface area contributed by atoms with Crippen LogP contribution in [-0.4, -0.2) is 20.8 Å². The molecule has 4 rings (SSSR count). The van der Waals surface area contributed by atoms with Gasteiger partial charge in [-0.2, -0.15) is 5.10 Å². The number of thiophene rings is 1. The molecule has 0 radical (unpaired) electrons. The number of benzene rings is 1. The van der Waals surface area contributed by atoms with Gasteiger partial charge in [-0.05, 0) is 50.3 Å². The predicted octanol–water partition coefficient (Wildman–Crippen LogP) is 4.11. The minimum absolute atomic E-state index is 0.223. The number of hydrogen-bond acceptors (Lipinski definition) is 6. The molecule has 0 saturated heterocycles. The van der Waals surface area contributed by atoms with Crippen molar-refractivity contribution in [2.24, 2.45) is 5.10 Å². The fourth-order valence-electron chi connectivity index (χ4n) is 3.15. The number of rotatable bonds is 3. The Morgan fingerprint density at radius 3 is 2.92 bits per heavy atom. The molecule has 0 amide bonds. The molecular formula is C18H18N4OS. The molecule has 122 valence electrons. The molecule has 1 aromatic carbocycles. The Hall–Kier alpha value is -2.47. The van der Waals surface area contributed by atoms with Crippen LogP contribution < -0.4 is 5.43 Å². The first-order valence-corrected chi connectivity index (χ1v) is 8.89. The number of aryl methyl sites for hydroxylation is 2. The topological polar surface area (TPSA) is 70.4 Å². The van der Waals surface area contributed by atoms with E-state index >= 15 is 0 Å². The maximum Gasteiger partial charge on any atom is 0.158 e. The van der Waals surface area contributed by atoms with Crippen LogP contribution in [0.2, 0.25) is 0 Å². The molecule has 2 N–H and O–H groups in total. The van der Waals surface area contributed by atoms with Gasteiger partial charge in [0.1, 0.15) is 16.9 Å². The molecule has 0 fully saturated rings. The van der Waals surface area contributed by atoms with Gasteiger partial charge in [-0.15, -0.1) is 11.3 Å². The SMILES string of the molecule is C/C(=N\Nc1ncnc2sc3c(c12)CCCC3)c1ccccc1O. The van der Waals surface area contributed by atoms with Gasteiger partial charge in [0.05, 0.1) is 11.1 Å². The summed E-state index contributed by atoms with van der Waals surface area (Å²) in [5.74, 6) is 0.968. The summed E-state index contributed by atoms with van der Waals surface area (Å²) >= 11 is 1.77. The van der Waals surface area contributed by atoms with Gasteiger partial charge in [0.2, 0.25) is 0 Å². The Morgan fingerprint density at radius 1 is 1.21 bits per heavy atom. The highest BCUT2D eigenvalue weighted by molar-refractivity contribution is 7.19. The third-order valence-electron chi connectivity index (χ3n) is 4.37. The minimum Gasteiger partial charge on any atom is -0.507 e. The molecule has 2 aromatic heterocycles. The van der Waals surface area contributed by atoms with Crippen molar-refractivity contribution in [1.29, 1.82) is 0 Å². The van der Waals surface area contributed by atoms with Gasteiger partial charge in [-0.3, -0.25) is 5.43 Å². The third kappa shape index (κ3) is 2.63. The fraction of sp³-hybridized carbons (Fsp3) is 0.278. The van der Waals surface area contributed by atoms with E-state index in [9.17, 15) is 5.11 Å². The number of anilines is 1. The number of aromatic nitrogens is 2. The lowest BCUT2D eigenvalue weighted by Crippen LogP contribution is -2.03. The highest BCUT2D eigenvalue weighted by atomic mass is 32.1.